The van der Waals surface area contributed by atoms with E-state index < -0.39 is 0 Å². The molecule has 1 aromatic heterocycles. The lowest BCUT2D eigenvalue weighted by molar-refractivity contribution is -0.136. The second-order valence-electron chi connectivity index (χ2n) is 8.86. The van der Waals surface area contributed by atoms with Crippen molar-refractivity contribution in [1.82, 2.24) is 14.8 Å². The van der Waals surface area contributed by atoms with E-state index >= 15 is 0 Å². The van der Waals surface area contributed by atoms with Crippen LogP contribution in [0.4, 0.5) is 5.82 Å². The minimum absolute atomic E-state index is 0.0579. The van der Waals surface area contributed by atoms with E-state index in [1.54, 1.807) is 12.3 Å². The van der Waals surface area contributed by atoms with Gasteiger partial charge in [-0.15, -0.1) is 0 Å². The molecule has 1 saturated carbocycles. The van der Waals surface area contributed by atoms with Crippen molar-refractivity contribution in [3.8, 4) is 0 Å². The van der Waals surface area contributed by atoms with Crippen LogP contribution in [0.25, 0.3) is 0 Å². The van der Waals surface area contributed by atoms with Gasteiger partial charge in [0.1, 0.15) is 5.82 Å². The van der Waals surface area contributed by atoms with Crippen LogP contribution in [0.15, 0.2) is 18.3 Å². The fourth-order valence-corrected chi connectivity index (χ4v) is 4.98. The van der Waals surface area contributed by atoms with Crippen molar-refractivity contribution < 1.29 is 9.59 Å². The quantitative estimate of drug-likeness (QED) is 0.840. The van der Waals surface area contributed by atoms with Gasteiger partial charge in [-0.1, -0.05) is 25.7 Å². The van der Waals surface area contributed by atoms with E-state index in [0.29, 0.717) is 30.6 Å². The highest BCUT2D eigenvalue weighted by atomic mass is 16.2. The van der Waals surface area contributed by atoms with Gasteiger partial charge in [0.25, 0.3) is 5.91 Å². The number of hydrogen-bond acceptors (Lipinski definition) is 4. The van der Waals surface area contributed by atoms with Crippen LogP contribution in [0.3, 0.4) is 0 Å². The monoisotopic (exact) mass is 398 g/mol. The van der Waals surface area contributed by atoms with E-state index in [0.717, 1.165) is 44.6 Å². The molecule has 2 amide bonds. The molecular weight excluding hydrogens is 364 g/mol. The van der Waals surface area contributed by atoms with Crippen molar-refractivity contribution >= 4 is 17.6 Å². The van der Waals surface area contributed by atoms with Gasteiger partial charge < -0.3 is 15.1 Å². The van der Waals surface area contributed by atoms with Crippen LogP contribution in [-0.4, -0.2) is 58.8 Å². The van der Waals surface area contributed by atoms with Crippen LogP contribution in [0.2, 0.25) is 0 Å². The van der Waals surface area contributed by atoms with Gasteiger partial charge in [0.05, 0.1) is 0 Å². The number of rotatable bonds is 4. The van der Waals surface area contributed by atoms with Gasteiger partial charge in [0, 0.05) is 49.9 Å². The van der Waals surface area contributed by atoms with Gasteiger partial charge in [0.2, 0.25) is 5.91 Å². The molecule has 4 rings (SSSR count). The number of anilines is 1. The first-order valence-electron chi connectivity index (χ1n) is 11.5. The summed E-state index contributed by atoms with van der Waals surface area (Å²) < 4.78 is 0. The molecular formula is C23H34N4O2. The molecule has 0 bridgehead atoms. The van der Waals surface area contributed by atoms with E-state index in [-0.39, 0.29) is 11.8 Å². The summed E-state index contributed by atoms with van der Waals surface area (Å²) in [5, 5.41) is 3.47. The Bertz CT molecular complexity index is 701. The molecule has 6 nitrogen and oxygen atoms in total. The molecule has 1 N–H and O–H groups in total. The van der Waals surface area contributed by atoms with Gasteiger partial charge in [-0.2, -0.15) is 0 Å². The molecule has 6 heteroatoms. The zero-order valence-electron chi connectivity index (χ0n) is 17.4. The maximum Gasteiger partial charge on any atom is 0.254 e. The number of likely N-dealkylation sites (tertiary alicyclic amines) is 2. The molecule has 0 radical (unpaired) electrons. The van der Waals surface area contributed by atoms with E-state index in [2.05, 4.69) is 15.2 Å². The van der Waals surface area contributed by atoms with Crippen LogP contribution in [0.1, 0.15) is 74.6 Å². The predicted molar refractivity (Wildman–Crippen MR) is 114 cm³/mol. The average molecular weight is 399 g/mol. The number of nitrogens with zero attached hydrogens (tertiary/aromatic N) is 3. The summed E-state index contributed by atoms with van der Waals surface area (Å²) >= 11 is 0. The first kappa shape index (κ1) is 20.2. The third-order valence-electron chi connectivity index (χ3n) is 6.76. The third-order valence-corrected chi connectivity index (χ3v) is 6.76. The Morgan fingerprint density at radius 3 is 2.24 bits per heavy atom. The Hall–Kier alpha value is -2.11. The second kappa shape index (κ2) is 9.59. The normalized spacial score (nSPS) is 21.8. The number of nitrogens with one attached hydrogen (secondary N) is 1. The van der Waals surface area contributed by atoms with Crippen molar-refractivity contribution in [3.63, 3.8) is 0 Å². The molecule has 0 atom stereocenters. The summed E-state index contributed by atoms with van der Waals surface area (Å²) in [6, 6.07) is 4.17. The highest BCUT2D eigenvalue weighted by molar-refractivity contribution is 5.95. The van der Waals surface area contributed by atoms with Crippen LogP contribution in [0.5, 0.6) is 0 Å². The molecule has 2 aliphatic heterocycles. The van der Waals surface area contributed by atoms with Gasteiger partial charge in [-0.3, -0.25) is 9.59 Å². The number of pyridine rings is 1. The Kier molecular flexibility index (Phi) is 6.67. The number of aromatic nitrogens is 1. The Labute approximate surface area is 174 Å². The summed E-state index contributed by atoms with van der Waals surface area (Å²) in [5.41, 5.74) is 0.692. The topological polar surface area (TPSA) is 65.5 Å². The van der Waals surface area contributed by atoms with Crippen LogP contribution >= 0.6 is 0 Å². The van der Waals surface area contributed by atoms with Gasteiger partial charge in [-0.05, 0) is 50.7 Å². The van der Waals surface area contributed by atoms with Crippen molar-refractivity contribution in [2.75, 3.05) is 31.5 Å². The fraction of sp³-hybridized carbons (Fsp3) is 0.696. The maximum absolute atomic E-state index is 13.0. The SMILES string of the molecule is O=C(c1ccnc(NC2CCCC2)c1)N1CCC(C(=O)N2CCCCCC2)CC1. The largest absolute Gasteiger partial charge is 0.367 e. The van der Waals surface area contributed by atoms with Crippen LogP contribution < -0.4 is 5.32 Å². The molecule has 158 valence electrons. The van der Waals surface area contributed by atoms with E-state index in [4.69, 9.17) is 0 Å². The minimum atomic E-state index is 0.0579. The van der Waals surface area contributed by atoms with Crippen molar-refractivity contribution in [2.24, 2.45) is 5.92 Å². The third kappa shape index (κ3) is 5.09. The molecule has 3 aliphatic rings. The minimum Gasteiger partial charge on any atom is -0.367 e. The van der Waals surface area contributed by atoms with E-state index in [1.165, 1.54) is 38.5 Å². The standard InChI is InChI=1S/C23H34N4O2/c28-22(26-13-5-1-2-6-14-26)18-10-15-27(16-11-18)23(29)19-9-12-24-21(17-19)25-20-7-3-4-8-20/h9,12,17-18,20H,1-8,10-11,13-16H2,(H,24,25). The zero-order chi connectivity index (χ0) is 20.1. The number of piperidine rings is 1. The molecule has 0 aromatic carbocycles. The smallest absolute Gasteiger partial charge is 0.254 e. The zero-order valence-corrected chi connectivity index (χ0v) is 17.4. The lowest BCUT2D eigenvalue weighted by Crippen LogP contribution is -2.44. The maximum atomic E-state index is 13.0. The predicted octanol–water partition coefficient (Wildman–Crippen LogP) is 3.69. The number of carbonyl (C=O) groups is 2. The fourth-order valence-electron chi connectivity index (χ4n) is 4.98. The van der Waals surface area contributed by atoms with E-state index in [1.807, 2.05) is 11.0 Å². The highest BCUT2D eigenvalue weighted by Gasteiger charge is 2.31. The van der Waals surface area contributed by atoms with Crippen molar-refractivity contribution in [3.05, 3.63) is 23.9 Å². The average Bonchev–Trinajstić information content (AvgIpc) is 3.12. The lowest BCUT2D eigenvalue weighted by atomic mass is 9.94. The number of amides is 2. The Morgan fingerprint density at radius 1 is 0.862 bits per heavy atom. The highest BCUT2D eigenvalue weighted by Crippen LogP contribution is 2.24. The molecule has 3 heterocycles. The lowest BCUT2D eigenvalue weighted by Gasteiger charge is -2.34. The van der Waals surface area contributed by atoms with Crippen molar-refractivity contribution in [1.29, 1.82) is 0 Å². The molecule has 2 saturated heterocycles. The summed E-state index contributed by atoms with van der Waals surface area (Å²) in [7, 11) is 0. The Morgan fingerprint density at radius 2 is 1.55 bits per heavy atom. The molecule has 0 unspecified atom stereocenters. The van der Waals surface area contributed by atoms with Crippen LogP contribution in [0, 0.1) is 5.92 Å². The number of hydrogen-bond donors (Lipinski definition) is 1. The van der Waals surface area contributed by atoms with Gasteiger partial charge in [0.15, 0.2) is 0 Å². The molecule has 3 fully saturated rings. The second-order valence-corrected chi connectivity index (χ2v) is 8.86. The molecule has 0 spiro atoms. The summed E-state index contributed by atoms with van der Waals surface area (Å²) in [5.74, 6) is 1.25. The molecule has 1 aromatic rings. The molecule has 1 aliphatic carbocycles. The van der Waals surface area contributed by atoms with Gasteiger partial charge >= 0.3 is 0 Å². The summed E-state index contributed by atoms with van der Waals surface area (Å²) in [6.45, 7) is 3.14. The van der Waals surface area contributed by atoms with Gasteiger partial charge in [-0.25, -0.2) is 4.98 Å². The van der Waals surface area contributed by atoms with Crippen molar-refractivity contribution in [2.45, 2.75) is 70.3 Å². The first-order valence-corrected chi connectivity index (χ1v) is 11.5. The van der Waals surface area contributed by atoms with E-state index in [9.17, 15) is 9.59 Å². The first-order chi connectivity index (χ1) is 14.2. The molecule has 29 heavy (non-hydrogen) atoms. The summed E-state index contributed by atoms with van der Waals surface area (Å²) in [6.07, 6.45) is 12.9. The number of carbonyl (C=O) groups excluding carboxylic acids is 2. The Balaban J connectivity index is 1.31. The van der Waals surface area contributed by atoms with Crippen LogP contribution in [-0.2, 0) is 4.79 Å². The summed E-state index contributed by atoms with van der Waals surface area (Å²) in [4.78, 5) is 34.2.